The lowest BCUT2D eigenvalue weighted by Gasteiger charge is -2.38. The molecular weight excluding hydrogens is 496 g/mol. The van der Waals surface area contributed by atoms with E-state index < -0.39 is 58.2 Å². The molecule has 0 unspecified atom stereocenters. The lowest BCUT2D eigenvalue weighted by molar-refractivity contribution is -0.141. The molecule has 1 aromatic carbocycles. The van der Waals surface area contributed by atoms with Crippen molar-refractivity contribution in [3.8, 4) is 11.1 Å². The molecule has 3 aromatic rings. The molecule has 0 N–H and O–H groups in total. The van der Waals surface area contributed by atoms with Crippen LogP contribution in [0.25, 0.3) is 16.8 Å². The van der Waals surface area contributed by atoms with Gasteiger partial charge in [0.25, 0.3) is 17.4 Å². The van der Waals surface area contributed by atoms with E-state index in [1.54, 1.807) is 0 Å². The largest absolute Gasteiger partial charge is 0.434 e. The van der Waals surface area contributed by atoms with Crippen molar-refractivity contribution in [3.63, 3.8) is 0 Å². The minimum atomic E-state index is -4.92. The number of nitrogens with zero attached hydrogens (tertiary/aromatic N) is 3. The number of aromatic nitrogens is 2. The van der Waals surface area contributed by atoms with Crippen LogP contribution in [0.1, 0.15) is 16.1 Å². The van der Waals surface area contributed by atoms with E-state index >= 15 is 0 Å². The third-order valence-electron chi connectivity index (χ3n) is 4.71. The standard InChI is InChI=1S/C19H10BrF6N3O2/c20-13-14(19(24,25)26)27-15-10(2-1-5-29(15)17(13)31)9-3-4-11(12(21)6-9)16(30)28-7-18(22,23)8-28/h1-6H,7-8H2. The Hall–Kier alpha value is -2.89. The molecule has 2 aromatic heterocycles. The fourth-order valence-electron chi connectivity index (χ4n) is 3.24. The number of halogens is 7. The van der Waals surface area contributed by atoms with Gasteiger partial charge in [0.15, 0.2) is 5.69 Å². The van der Waals surface area contributed by atoms with Crippen molar-refractivity contribution in [3.05, 3.63) is 68.4 Å². The summed E-state index contributed by atoms with van der Waals surface area (Å²) in [6.45, 7) is -1.64. The first kappa shape index (κ1) is 21.3. The van der Waals surface area contributed by atoms with E-state index in [2.05, 4.69) is 20.9 Å². The second kappa shape index (κ2) is 7.08. The predicted molar refractivity (Wildman–Crippen MR) is 100 cm³/mol. The summed E-state index contributed by atoms with van der Waals surface area (Å²) in [4.78, 5) is 28.9. The van der Waals surface area contributed by atoms with Gasteiger partial charge in [0.1, 0.15) is 15.9 Å². The number of likely N-dealkylation sites (tertiary alicyclic amines) is 1. The average Bonchev–Trinajstić information content (AvgIpc) is 2.67. The topological polar surface area (TPSA) is 54.7 Å². The molecule has 1 saturated heterocycles. The number of pyridine rings is 1. The molecule has 0 aliphatic carbocycles. The number of alkyl halides is 5. The van der Waals surface area contributed by atoms with Crippen LogP contribution in [0.3, 0.4) is 0 Å². The van der Waals surface area contributed by atoms with E-state index in [0.717, 1.165) is 21.4 Å². The molecule has 0 radical (unpaired) electrons. The second-order valence-electron chi connectivity index (χ2n) is 6.90. The average molecular weight is 506 g/mol. The van der Waals surface area contributed by atoms with Crippen molar-refractivity contribution in [1.29, 1.82) is 0 Å². The summed E-state index contributed by atoms with van der Waals surface area (Å²) in [5.41, 5.74) is -3.22. The lowest BCUT2D eigenvalue weighted by Crippen LogP contribution is -2.58. The molecule has 1 fully saturated rings. The summed E-state index contributed by atoms with van der Waals surface area (Å²) in [6, 6.07) is 5.87. The first-order valence-electron chi connectivity index (χ1n) is 8.64. The highest BCUT2D eigenvalue weighted by Gasteiger charge is 2.46. The fourth-order valence-corrected chi connectivity index (χ4v) is 3.74. The summed E-state index contributed by atoms with van der Waals surface area (Å²) in [5.74, 6) is -4.99. The lowest BCUT2D eigenvalue weighted by atomic mass is 10.0. The Morgan fingerprint density at radius 2 is 1.84 bits per heavy atom. The van der Waals surface area contributed by atoms with Crippen LogP contribution in [0.4, 0.5) is 26.3 Å². The van der Waals surface area contributed by atoms with Crippen LogP contribution >= 0.6 is 15.9 Å². The maximum atomic E-state index is 14.6. The van der Waals surface area contributed by atoms with Gasteiger partial charge >= 0.3 is 6.18 Å². The third kappa shape index (κ3) is 3.68. The molecule has 162 valence electrons. The number of hydrogen-bond donors (Lipinski definition) is 0. The Balaban J connectivity index is 1.81. The van der Waals surface area contributed by atoms with E-state index in [0.29, 0.717) is 0 Å². The zero-order chi connectivity index (χ0) is 22.7. The van der Waals surface area contributed by atoms with Crippen molar-refractivity contribution >= 4 is 27.5 Å². The van der Waals surface area contributed by atoms with Gasteiger partial charge in [-0.2, -0.15) is 13.2 Å². The molecule has 5 nitrogen and oxygen atoms in total. The van der Waals surface area contributed by atoms with Gasteiger partial charge < -0.3 is 4.90 Å². The van der Waals surface area contributed by atoms with Crippen LogP contribution in [0.2, 0.25) is 0 Å². The van der Waals surface area contributed by atoms with Gasteiger partial charge in [-0.3, -0.25) is 14.0 Å². The number of amides is 1. The number of hydrogen-bond acceptors (Lipinski definition) is 3. The normalized spacial score (nSPS) is 15.8. The van der Waals surface area contributed by atoms with Gasteiger partial charge in [0.05, 0.1) is 18.7 Å². The van der Waals surface area contributed by atoms with Gasteiger partial charge in [0.2, 0.25) is 0 Å². The number of carbonyl (C=O) groups is 1. The molecule has 4 rings (SSSR count). The van der Waals surface area contributed by atoms with E-state index in [4.69, 9.17) is 0 Å². The van der Waals surface area contributed by atoms with Crippen LogP contribution in [0.15, 0.2) is 45.8 Å². The van der Waals surface area contributed by atoms with Crippen LogP contribution in [-0.2, 0) is 6.18 Å². The van der Waals surface area contributed by atoms with Gasteiger partial charge in [-0.15, -0.1) is 0 Å². The highest BCUT2D eigenvalue weighted by Crippen LogP contribution is 2.34. The van der Waals surface area contributed by atoms with Gasteiger partial charge in [-0.1, -0.05) is 6.07 Å². The maximum Gasteiger partial charge on any atom is 0.434 e. The van der Waals surface area contributed by atoms with E-state index in [9.17, 15) is 35.9 Å². The molecule has 31 heavy (non-hydrogen) atoms. The molecule has 12 heteroatoms. The molecule has 0 atom stereocenters. The van der Waals surface area contributed by atoms with Gasteiger partial charge in [-0.25, -0.2) is 18.2 Å². The summed E-state index contributed by atoms with van der Waals surface area (Å²) in [7, 11) is 0. The zero-order valence-corrected chi connectivity index (χ0v) is 16.8. The monoisotopic (exact) mass is 505 g/mol. The van der Waals surface area contributed by atoms with Gasteiger partial charge in [0, 0.05) is 11.8 Å². The first-order chi connectivity index (χ1) is 14.4. The van der Waals surface area contributed by atoms with Crippen LogP contribution < -0.4 is 5.56 Å². The molecule has 0 bridgehead atoms. The second-order valence-corrected chi connectivity index (χ2v) is 7.70. The first-order valence-corrected chi connectivity index (χ1v) is 9.43. The molecule has 0 saturated carbocycles. The Bertz CT molecular complexity index is 1280. The van der Waals surface area contributed by atoms with E-state index in [-0.39, 0.29) is 16.8 Å². The number of carbonyl (C=O) groups excluding carboxylic acids is 1. The maximum absolute atomic E-state index is 14.6. The van der Waals surface area contributed by atoms with Crippen molar-refractivity contribution in [2.24, 2.45) is 0 Å². The molecule has 1 aliphatic rings. The van der Waals surface area contributed by atoms with Gasteiger partial charge in [-0.05, 0) is 45.8 Å². The number of benzene rings is 1. The molecule has 3 heterocycles. The van der Waals surface area contributed by atoms with E-state index in [1.807, 2.05) is 0 Å². The minimum Gasteiger partial charge on any atom is -0.326 e. The van der Waals surface area contributed by atoms with Crippen LogP contribution in [0, 0.1) is 5.82 Å². The van der Waals surface area contributed by atoms with E-state index in [1.165, 1.54) is 24.4 Å². The Morgan fingerprint density at radius 1 is 1.16 bits per heavy atom. The minimum absolute atomic E-state index is 0.00554. The summed E-state index contributed by atoms with van der Waals surface area (Å²) >= 11 is 2.62. The highest BCUT2D eigenvalue weighted by atomic mass is 79.9. The fraction of sp³-hybridized carbons (Fsp3) is 0.211. The summed E-state index contributed by atoms with van der Waals surface area (Å²) in [5, 5.41) is 0. The predicted octanol–water partition coefficient (Wildman–Crippen LogP) is 4.37. The van der Waals surface area contributed by atoms with Crippen LogP contribution in [-0.4, -0.2) is 39.2 Å². The Labute approximate surface area is 178 Å². The quantitative estimate of drug-likeness (QED) is 0.486. The summed E-state index contributed by atoms with van der Waals surface area (Å²) < 4.78 is 80.4. The number of fused-ring (bicyclic) bond motifs is 1. The Morgan fingerprint density at radius 3 is 2.42 bits per heavy atom. The van der Waals surface area contributed by atoms with Crippen LogP contribution in [0.5, 0.6) is 0 Å². The van der Waals surface area contributed by atoms with Crippen molar-refractivity contribution in [2.45, 2.75) is 12.1 Å². The Kier molecular flexibility index (Phi) is 4.87. The molecule has 1 amide bonds. The molecule has 1 aliphatic heterocycles. The third-order valence-corrected chi connectivity index (χ3v) is 5.42. The molecular formula is C19H10BrF6N3O2. The highest BCUT2D eigenvalue weighted by molar-refractivity contribution is 9.10. The zero-order valence-electron chi connectivity index (χ0n) is 15.2. The number of rotatable bonds is 2. The summed E-state index contributed by atoms with van der Waals surface area (Å²) in [6.07, 6.45) is -3.71. The smallest absolute Gasteiger partial charge is 0.326 e. The van der Waals surface area contributed by atoms with Crippen molar-refractivity contribution < 1.29 is 31.1 Å². The SMILES string of the molecule is O=C(c1ccc(-c2cccn3c(=O)c(Br)c(C(F)(F)F)nc23)cc1F)N1CC(F)(F)C1. The van der Waals surface area contributed by atoms with Crippen molar-refractivity contribution in [2.75, 3.05) is 13.1 Å². The molecule has 0 spiro atoms. The van der Waals surface area contributed by atoms with Crippen molar-refractivity contribution in [1.82, 2.24) is 14.3 Å².